The molecule has 1 unspecified atom stereocenters. The first kappa shape index (κ1) is 14.5. The van der Waals surface area contributed by atoms with Crippen LogP contribution in [0.1, 0.15) is 25.5 Å². The van der Waals surface area contributed by atoms with Crippen molar-refractivity contribution in [3.8, 4) is 11.3 Å². The summed E-state index contributed by atoms with van der Waals surface area (Å²) in [5.74, 6) is -0.550. The van der Waals surface area contributed by atoms with E-state index < -0.39 is 5.95 Å². The van der Waals surface area contributed by atoms with E-state index in [-0.39, 0.29) is 11.5 Å². The van der Waals surface area contributed by atoms with E-state index >= 15 is 0 Å². The molecule has 1 aliphatic heterocycles. The Labute approximate surface area is 136 Å². The molecule has 0 bridgehead atoms. The zero-order valence-corrected chi connectivity index (χ0v) is 12.9. The van der Waals surface area contributed by atoms with Crippen molar-refractivity contribution in [2.45, 2.75) is 25.5 Å². The van der Waals surface area contributed by atoms with Crippen LogP contribution in [0, 0.1) is 5.95 Å². The number of nitrogens with zero attached hydrogens (tertiary/aromatic N) is 5. The van der Waals surface area contributed by atoms with E-state index in [1.54, 1.807) is 12.4 Å². The molecule has 0 saturated carbocycles. The van der Waals surface area contributed by atoms with Crippen LogP contribution in [0.25, 0.3) is 22.4 Å². The van der Waals surface area contributed by atoms with Crippen LogP contribution >= 0.6 is 11.6 Å². The molecule has 1 fully saturated rings. The average Bonchev–Trinajstić information content (AvgIpc) is 2.99. The Morgan fingerprint density at radius 1 is 1.22 bits per heavy atom. The van der Waals surface area contributed by atoms with Gasteiger partial charge in [0.15, 0.2) is 5.65 Å². The Morgan fingerprint density at radius 3 is 2.87 bits per heavy atom. The summed E-state index contributed by atoms with van der Waals surface area (Å²) < 4.78 is 20.7. The van der Waals surface area contributed by atoms with E-state index in [0.29, 0.717) is 22.4 Å². The fraction of sp³-hybridized carbons (Fsp3) is 0.333. The van der Waals surface area contributed by atoms with Gasteiger partial charge in [-0.15, -0.1) is 0 Å². The predicted octanol–water partition coefficient (Wildman–Crippen LogP) is 3.38. The monoisotopic (exact) mass is 333 g/mol. The second kappa shape index (κ2) is 5.82. The van der Waals surface area contributed by atoms with Gasteiger partial charge in [0.2, 0.25) is 11.2 Å². The lowest BCUT2D eigenvalue weighted by atomic mass is 10.2. The van der Waals surface area contributed by atoms with E-state index in [4.69, 9.17) is 16.3 Å². The van der Waals surface area contributed by atoms with Crippen LogP contribution in [0.15, 0.2) is 24.7 Å². The topological polar surface area (TPSA) is 65.7 Å². The third kappa shape index (κ3) is 2.66. The molecule has 0 amide bonds. The summed E-state index contributed by atoms with van der Waals surface area (Å²) in [4.78, 5) is 16.6. The standard InChI is InChI=1S/C15H13ClFN5O/c16-15-20-12(9-4-5-10(17)18-7-9)13-14(21-15)22(8-19-13)11-3-1-2-6-23-11/h4-5,7-8,11H,1-3,6H2. The van der Waals surface area contributed by atoms with Gasteiger partial charge in [0.05, 0.1) is 6.33 Å². The van der Waals surface area contributed by atoms with Crippen LogP contribution in [0.2, 0.25) is 5.28 Å². The van der Waals surface area contributed by atoms with E-state index in [9.17, 15) is 4.39 Å². The molecule has 1 aliphatic rings. The molecule has 4 heterocycles. The van der Waals surface area contributed by atoms with E-state index in [1.807, 2.05) is 4.57 Å². The van der Waals surface area contributed by atoms with Gasteiger partial charge in [0.1, 0.15) is 17.4 Å². The largest absolute Gasteiger partial charge is 0.358 e. The molecule has 0 aromatic carbocycles. The first-order valence-corrected chi connectivity index (χ1v) is 7.74. The molecule has 4 rings (SSSR count). The van der Waals surface area contributed by atoms with Crippen molar-refractivity contribution >= 4 is 22.8 Å². The van der Waals surface area contributed by atoms with Crippen LogP contribution in [0.4, 0.5) is 4.39 Å². The highest BCUT2D eigenvalue weighted by molar-refractivity contribution is 6.28. The number of rotatable bonds is 2. The summed E-state index contributed by atoms with van der Waals surface area (Å²) in [6, 6.07) is 2.87. The highest BCUT2D eigenvalue weighted by Crippen LogP contribution is 2.30. The minimum absolute atomic E-state index is 0.0982. The Balaban J connectivity index is 1.86. The number of imidazole rings is 1. The number of fused-ring (bicyclic) bond motifs is 1. The molecule has 0 aliphatic carbocycles. The predicted molar refractivity (Wildman–Crippen MR) is 82.4 cm³/mol. The third-order valence-electron chi connectivity index (χ3n) is 3.86. The van der Waals surface area contributed by atoms with Crippen LogP contribution in [0.5, 0.6) is 0 Å². The van der Waals surface area contributed by atoms with E-state index in [2.05, 4.69) is 19.9 Å². The molecule has 0 N–H and O–H groups in total. The SMILES string of the molecule is Fc1ccc(-c2nc(Cl)nc3c2ncn3C2CCCCO2)cn1. The quantitative estimate of drug-likeness (QED) is 0.531. The number of ether oxygens (including phenoxy) is 1. The van der Waals surface area contributed by atoms with E-state index in [0.717, 1.165) is 25.9 Å². The molecule has 1 saturated heterocycles. The molecular formula is C15H13ClFN5O. The molecule has 0 spiro atoms. The number of hydrogen-bond acceptors (Lipinski definition) is 5. The molecular weight excluding hydrogens is 321 g/mol. The van der Waals surface area contributed by atoms with Crippen molar-refractivity contribution < 1.29 is 9.13 Å². The van der Waals surface area contributed by atoms with Gasteiger partial charge in [-0.3, -0.25) is 4.57 Å². The minimum Gasteiger partial charge on any atom is -0.358 e. The summed E-state index contributed by atoms with van der Waals surface area (Å²) in [5.41, 5.74) is 2.37. The lowest BCUT2D eigenvalue weighted by Crippen LogP contribution is -2.17. The molecule has 0 radical (unpaired) electrons. The fourth-order valence-corrected chi connectivity index (χ4v) is 2.93. The smallest absolute Gasteiger partial charge is 0.225 e. The number of aromatic nitrogens is 5. The number of pyridine rings is 1. The van der Waals surface area contributed by atoms with Gasteiger partial charge in [-0.25, -0.2) is 15.0 Å². The highest BCUT2D eigenvalue weighted by atomic mass is 35.5. The van der Waals surface area contributed by atoms with Gasteiger partial charge in [0, 0.05) is 18.4 Å². The van der Waals surface area contributed by atoms with E-state index in [1.165, 1.54) is 12.3 Å². The molecule has 3 aromatic heterocycles. The lowest BCUT2D eigenvalue weighted by Gasteiger charge is -2.23. The van der Waals surface area contributed by atoms with Crippen molar-refractivity contribution in [2.75, 3.05) is 6.61 Å². The van der Waals surface area contributed by atoms with Crippen LogP contribution in [-0.2, 0) is 4.74 Å². The Kier molecular flexibility index (Phi) is 3.66. The number of halogens is 2. The summed E-state index contributed by atoms with van der Waals surface area (Å²) >= 11 is 6.07. The summed E-state index contributed by atoms with van der Waals surface area (Å²) in [6.07, 6.45) is 6.05. The molecule has 3 aromatic rings. The first-order valence-electron chi connectivity index (χ1n) is 7.36. The molecule has 8 heteroatoms. The maximum Gasteiger partial charge on any atom is 0.225 e. The number of hydrogen-bond donors (Lipinski definition) is 0. The van der Waals surface area contributed by atoms with Gasteiger partial charge in [-0.2, -0.15) is 9.37 Å². The summed E-state index contributed by atoms with van der Waals surface area (Å²) in [6.45, 7) is 0.720. The maximum absolute atomic E-state index is 13.0. The van der Waals surface area contributed by atoms with Crippen LogP contribution in [-0.4, -0.2) is 31.1 Å². The Hall–Kier alpha value is -2.12. The second-order valence-corrected chi connectivity index (χ2v) is 5.69. The molecule has 1 atom stereocenters. The van der Waals surface area contributed by atoms with Gasteiger partial charge in [0.25, 0.3) is 0 Å². The zero-order chi connectivity index (χ0) is 15.8. The van der Waals surface area contributed by atoms with Crippen molar-refractivity contribution in [3.63, 3.8) is 0 Å². The van der Waals surface area contributed by atoms with Gasteiger partial charge in [-0.1, -0.05) is 0 Å². The van der Waals surface area contributed by atoms with Crippen LogP contribution < -0.4 is 0 Å². The highest BCUT2D eigenvalue weighted by Gasteiger charge is 2.21. The maximum atomic E-state index is 13.0. The Morgan fingerprint density at radius 2 is 2.13 bits per heavy atom. The fourth-order valence-electron chi connectivity index (χ4n) is 2.76. The van der Waals surface area contributed by atoms with Crippen molar-refractivity contribution in [1.29, 1.82) is 0 Å². The molecule has 23 heavy (non-hydrogen) atoms. The second-order valence-electron chi connectivity index (χ2n) is 5.36. The van der Waals surface area contributed by atoms with Crippen molar-refractivity contribution in [3.05, 3.63) is 35.9 Å². The summed E-state index contributed by atoms with van der Waals surface area (Å²) in [7, 11) is 0. The van der Waals surface area contributed by atoms with Gasteiger partial charge >= 0.3 is 0 Å². The summed E-state index contributed by atoms with van der Waals surface area (Å²) in [5, 5.41) is 0.106. The average molecular weight is 334 g/mol. The van der Waals surface area contributed by atoms with Gasteiger partial charge < -0.3 is 4.74 Å². The zero-order valence-electron chi connectivity index (χ0n) is 12.1. The molecule has 6 nitrogen and oxygen atoms in total. The minimum atomic E-state index is -0.550. The Bertz CT molecular complexity index is 845. The van der Waals surface area contributed by atoms with Gasteiger partial charge in [-0.05, 0) is 43.0 Å². The van der Waals surface area contributed by atoms with Crippen molar-refractivity contribution in [1.82, 2.24) is 24.5 Å². The lowest BCUT2D eigenvalue weighted by molar-refractivity contribution is -0.0298. The molecule has 118 valence electrons. The van der Waals surface area contributed by atoms with Crippen LogP contribution in [0.3, 0.4) is 0 Å². The third-order valence-corrected chi connectivity index (χ3v) is 4.03. The normalized spacial score (nSPS) is 18.4. The first-order chi connectivity index (χ1) is 11.2. The van der Waals surface area contributed by atoms with Crippen molar-refractivity contribution in [2.24, 2.45) is 0 Å².